The smallest absolute Gasteiger partial charge is 0.363 e. The Bertz CT molecular complexity index is 1840. The molecule has 13 nitrogen and oxygen atoms in total. The molecule has 48 heavy (non-hydrogen) atoms. The van der Waals surface area contributed by atoms with Crippen LogP contribution in [0.25, 0.3) is 0 Å². The summed E-state index contributed by atoms with van der Waals surface area (Å²) in [6.07, 6.45) is 1.50. The van der Waals surface area contributed by atoms with Crippen LogP contribution in [0, 0.1) is 0 Å². The van der Waals surface area contributed by atoms with Crippen LogP contribution in [-0.2, 0) is 35.1 Å². The van der Waals surface area contributed by atoms with Crippen molar-refractivity contribution < 1.29 is 37.3 Å². The van der Waals surface area contributed by atoms with E-state index in [0.29, 0.717) is 5.13 Å². The van der Waals surface area contributed by atoms with E-state index in [1.165, 1.54) is 25.5 Å². The number of thioether (sulfide) groups is 1. The Hall–Kier alpha value is -4.77. The van der Waals surface area contributed by atoms with Crippen LogP contribution in [0.5, 0.6) is 0 Å². The van der Waals surface area contributed by atoms with E-state index >= 15 is 0 Å². The van der Waals surface area contributed by atoms with Crippen LogP contribution in [0.1, 0.15) is 36.2 Å². The van der Waals surface area contributed by atoms with Gasteiger partial charge in [-0.3, -0.25) is 14.1 Å². The van der Waals surface area contributed by atoms with Gasteiger partial charge in [-0.05, 0) is 36.8 Å². The van der Waals surface area contributed by atoms with Gasteiger partial charge in [0.2, 0.25) is 5.60 Å². The van der Waals surface area contributed by atoms with Crippen molar-refractivity contribution in [2.24, 2.45) is 5.16 Å². The number of oxime groups is 1. The summed E-state index contributed by atoms with van der Waals surface area (Å²) in [5, 5.41) is 20.2. The van der Waals surface area contributed by atoms with Gasteiger partial charge in [0.25, 0.3) is 11.8 Å². The number of nitrogens with zero attached hydrogens (tertiary/aromatic N) is 3. The van der Waals surface area contributed by atoms with Crippen molar-refractivity contribution in [1.82, 2.24) is 14.6 Å². The molecule has 0 unspecified atom stereocenters. The summed E-state index contributed by atoms with van der Waals surface area (Å²) in [7, 11) is -4.87. The van der Waals surface area contributed by atoms with Crippen LogP contribution in [0.15, 0.2) is 102 Å². The zero-order valence-electron chi connectivity index (χ0n) is 25.8. The van der Waals surface area contributed by atoms with Crippen LogP contribution >= 0.6 is 23.1 Å². The van der Waals surface area contributed by atoms with Gasteiger partial charge >= 0.3 is 16.3 Å². The summed E-state index contributed by atoms with van der Waals surface area (Å²) >= 11 is 2.06. The number of aliphatic carboxylic acids is 1. The third-order valence-corrected chi connectivity index (χ3v) is 10.3. The lowest BCUT2D eigenvalue weighted by Gasteiger charge is -2.42. The highest BCUT2D eigenvalue weighted by atomic mass is 32.2. The molecule has 2 amide bonds. The van der Waals surface area contributed by atoms with Crippen LogP contribution in [0.3, 0.4) is 0 Å². The SMILES string of the molecule is CS[C@@H]1[C@H](NC(=O)/C(=N\OC(C)(C)C(=O)O)c2csc(NC(c3ccccc3)(c3ccccc3)c3ccccc3)n2)C(=O)N1S(=O)(=O)O. The zero-order valence-corrected chi connectivity index (χ0v) is 28.3. The lowest BCUT2D eigenvalue weighted by Crippen LogP contribution is -2.71. The molecule has 1 aliphatic rings. The van der Waals surface area contributed by atoms with Gasteiger partial charge in [0.1, 0.15) is 22.6 Å². The van der Waals surface area contributed by atoms with E-state index in [-0.39, 0.29) is 10.00 Å². The number of carboxylic acid groups (broad SMARTS) is 1. The minimum Gasteiger partial charge on any atom is -0.478 e. The number of carbonyl (C=O) groups is 3. The van der Waals surface area contributed by atoms with E-state index in [1.54, 1.807) is 0 Å². The zero-order chi connectivity index (χ0) is 34.7. The molecule has 0 saturated carbocycles. The first-order valence-corrected chi connectivity index (χ1v) is 17.9. The fourth-order valence-electron chi connectivity index (χ4n) is 5.04. The molecule has 1 aromatic heterocycles. The summed E-state index contributed by atoms with van der Waals surface area (Å²) in [4.78, 5) is 47.9. The van der Waals surface area contributed by atoms with Gasteiger partial charge in [-0.2, -0.15) is 12.7 Å². The molecule has 16 heteroatoms. The second-order valence-corrected chi connectivity index (χ2v) is 14.1. The summed E-state index contributed by atoms with van der Waals surface area (Å²) in [6.45, 7) is 2.47. The molecular weight excluding hydrogens is 679 g/mol. The van der Waals surface area contributed by atoms with Crippen molar-refractivity contribution in [3.05, 3.63) is 119 Å². The fourth-order valence-corrected chi connectivity index (χ4v) is 7.85. The molecule has 0 bridgehead atoms. The third-order valence-electron chi connectivity index (χ3n) is 7.53. The van der Waals surface area contributed by atoms with Crippen molar-refractivity contribution in [2.75, 3.05) is 11.6 Å². The maximum atomic E-state index is 13.6. The second-order valence-electron chi connectivity index (χ2n) is 11.0. The molecule has 1 aliphatic heterocycles. The van der Waals surface area contributed by atoms with Gasteiger partial charge in [-0.1, -0.05) is 96.2 Å². The lowest BCUT2D eigenvalue weighted by atomic mass is 9.77. The Balaban J connectivity index is 1.56. The van der Waals surface area contributed by atoms with Gasteiger partial charge in [-0.15, -0.1) is 23.1 Å². The van der Waals surface area contributed by atoms with Gasteiger partial charge in [0.05, 0.1) is 0 Å². The van der Waals surface area contributed by atoms with Crippen molar-refractivity contribution in [2.45, 2.75) is 36.4 Å². The predicted octanol–water partition coefficient (Wildman–Crippen LogP) is 3.95. The quantitative estimate of drug-likeness (QED) is 0.0518. The standard InChI is InChI=1S/C32H31N5O8S3/c1-31(2,29(40)41)45-36-24(26(38)34-25-27(39)37(28(25)46-3)48(42,43)44)23-19-47-30(33-23)35-32(20-13-7-4-8-14-20,21-15-9-5-10-16-21)22-17-11-6-12-18-22/h4-19,25,28H,1-3H3,(H,33,35)(H,34,38)(H,40,41)(H,42,43,44)/b36-24-/t25-,28-/m1/s1. The Kier molecular flexibility index (Phi) is 9.91. The molecular formula is C32H31N5O8S3. The number of benzene rings is 3. The normalized spacial score (nSPS) is 17.0. The van der Waals surface area contributed by atoms with Crippen LogP contribution < -0.4 is 10.6 Å². The molecule has 250 valence electrons. The predicted molar refractivity (Wildman–Crippen MR) is 182 cm³/mol. The Morgan fingerprint density at radius 2 is 1.46 bits per heavy atom. The highest BCUT2D eigenvalue weighted by molar-refractivity contribution is 8.00. The summed E-state index contributed by atoms with van der Waals surface area (Å²) in [6, 6.07) is 27.8. The molecule has 1 saturated heterocycles. The number of thiazole rings is 1. The van der Waals surface area contributed by atoms with Gasteiger partial charge in [-0.25, -0.2) is 9.78 Å². The number of rotatable bonds is 13. The van der Waals surface area contributed by atoms with Gasteiger partial charge in [0, 0.05) is 5.38 Å². The molecule has 2 heterocycles. The third kappa shape index (κ3) is 6.78. The lowest BCUT2D eigenvalue weighted by molar-refractivity contribution is -0.161. The van der Waals surface area contributed by atoms with Crippen LogP contribution in [0.4, 0.5) is 5.13 Å². The maximum Gasteiger partial charge on any atom is 0.363 e. The number of aromatic nitrogens is 1. The number of β-lactam (4-membered cyclic amide) rings is 1. The van der Waals surface area contributed by atoms with E-state index in [1.807, 2.05) is 91.0 Å². The molecule has 3 aromatic carbocycles. The van der Waals surface area contributed by atoms with E-state index < -0.39 is 56.4 Å². The summed E-state index contributed by atoms with van der Waals surface area (Å²) < 4.78 is 33.1. The van der Waals surface area contributed by atoms with E-state index in [4.69, 9.17) is 4.84 Å². The number of hydrogen-bond acceptors (Lipinski definition) is 11. The number of carboxylic acids is 1. The van der Waals surface area contributed by atoms with Crippen molar-refractivity contribution in [3.8, 4) is 0 Å². The molecule has 1 fully saturated rings. The average Bonchev–Trinajstić information content (AvgIpc) is 3.53. The molecule has 0 radical (unpaired) electrons. The Morgan fingerprint density at radius 1 is 0.958 bits per heavy atom. The van der Waals surface area contributed by atoms with Gasteiger partial charge < -0.3 is 20.6 Å². The highest BCUT2D eigenvalue weighted by Crippen LogP contribution is 2.40. The molecule has 0 aliphatic carbocycles. The first-order valence-electron chi connectivity index (χ1n) is 14.3. The van der Waals surface area contributed by atoms with E-state index in [0.717, 1.165) is 39.8 Å². The van der Waals surface area contributed by atoms with Crippen LogP contribution in [-0.4, -0.2) is 74.1 Å². The number of hydrogen-bond donors (Lipinski definition) is 4. The number of anilines is 1. The topological polar surface area (TPSA) is 188 Å². The van der Waals surface area contributed by atoms with E-state index in [9.17, 15) is 32.5 Å². The van der Waals surface area contributed by atoms with Crippen molar-refractivity contribution in [3.63, 3.8) is 0 Å². The Labute approximate surface area is 284 Å². The first-order chi connectivity index (χ1) is 22.8. The fraction of sp³-hybridized carbons (Fsp3) is 0.219. The molecule has 4 N–H and O–H groups in total. The molecule has 5 rings (SSSR count). The van der Waals surface area contributed by atoms with Crippen molar-refractivity contribution >= 4 is 62.0 Å². The summed E-state index contributed by atoms with van der Waals surface area (Å²) in [5.41, 5.74) is -0.586. The number of amides is 2. The monoisotopic (exact) mass is 709 g/mol. The average molecular weight is 710 g/mol. The molecule has 4 aromatic rings. The minimum atomic E-state index is -4.87. The highest BCUT2D eigenvalue weighted by Gasteiger charge is 2.54. The summed E-state index contributed by atoms with van der Waals surface area (Å²) in [5.74, 6) is -3.40. The van der Waals surface area contributed by atoms with Crippen molar-refractivity contribution in [1.29, 1.82) is 0 Å². The largest absolute Gasteiger partial charge is 0.478 e. The minimum absolute atomic E-state index is 0.0108. The second kappa shape index (κ2) is 13.8. The first kappa shape index (κ1) is 34.6. The molecule has 0 spiro atoms. The van der Waals surface area contributed by atoms with E-state index in [2.05, 4.69) is 20.8 Å². The Morgan fingerprint density at radius 3 is 1.90 bits per heavy atom. The van der Waals surface area contributed by atoms with Gasteiger partial charge in [0.15, 0.2) is 10.8 Å². The maximum absolute atomic E-state index is 13.6. The number of carbonyl (C=O) groups excluding carboxylic acids is 2. The number of nitrogens with one attached hydrogen (secondary N) is 2. The molecule has 2 atom stereocenters. The van der Waals surface area contributed by atoms with Crippen LogP contribution in [0.2, 0.25) is 0 Å².